The van der Waals surface area contributed by atoms with Crippen molar-refractivity contribution in [2.45, 2.75) is 158 Å². The smallest absolute Gasteiger partial charge is 0.309 e. The van der Waals surface area contributed by atoms with Crippen LogP contribution in [0.5, 0.6) is 5.75 Å². The Kier molecular flexibility index (Phi) is 10.3. The Morgan fingerprint density at radius 2 is 1.56 bits per heavy atom. The van der Waals surface area contributed by atoms with Gasteiger partial charge in [-0.3, -0.25) is 14.4 Å². The van der Waals surface area contributed by atoms with Gasteiger partial charge < -0.3 is 24.5 Å². The third kappa shape index (κ3) is 6.09. The Bertz CT molecular complexity index is 2040. The van der Waals surface area contributed by atoms with Crippen LogP contribution in [0.15, 0.2) is 30.5 Å². The number of aromatic nitrogens is 2. The van der Waals surface area contributed by atoms with Gasteiger partial charge in [-0.05, 0) is 170 Å². The molecular formula is C52H75N3O6. The number of aromatic amines is 1. The number of amides is 1. The van der Waals surface area contributed by atoms with Gasteiger partial charge in [0.2, 0.25) is 5.91 Å². The van der Waals surface area contributed by atoms with Crippen LogP contribution in [-0.2, 0) is 19.1 Å². The molecular weight excluding hydrogens is 763 g/mol. The molecule has 0 radical (unpaired) electrons. The molecule has 0 bridgehead atoms. The monoisotopic (exact) mass is 838 g/mol. The van der Waals surface area contributed by atoms with Gasteiger partial charge in [-0.1, -0.05) is 62.3 Å². The first kappa shape index (κ1) is 42.9. The molecule has 9 rings (SSSR count). The second kappa shape index (κ2) is 14.6. The van der Waals surface area contributed by atoms with Crippen molar-refractivity contribution < 1.29 is 29.0 Å². The maximum atomic E-state index is 15.6. The quantitative estimate of drug-likeness (QED) is 0.254. The van der Waals surface area contributed by atoms with Gasteiger partial charge in [0.15, 0.2) is 0 Å². The number of carboxylic acid groups (broad SMARTS) is 1. The highest BCUT2D eigenvalue weighted by Gasteiger charge is 2.73. The molecule has 9 heteroatoms. The highest BCUT2D eigenvalue weighted by Crippen LogP contribution is 2.78. The molecule has 6 aliphatic carbocycles. The van der Waals surface area contributed by atoms with Crippen LogP contribution in [-0.4, -0.2) is 57.6 Å². The number of carbonyl (C=O) groups is 3. The van der Waals surface area contributed by atoms with Gasteiger partial charge in [0.25, 0.3) is 0 Å². The third-order valence-electron chi connectivity index (χ3n) is 20.6. The number of fused-ring (bicyclic) bond motifs is 7. The lowest BCUT2D eigenvalue weighted by atomic mass is 9.32. The fourth-order valence-corrected chi connectivity index (χ4v) is 16.9. The van der Waals surface area contributed by atoms with Crippen molar-refractivity contribution in [3.8, 4) is 17.0 Å². The molecule has 1 aliphatic heterocycles. The van der Waals surface area contributed by atoms with E-state index in [9.17, 15) is 14.7 Å². The Morgan fingerprint density at radius 1 is 0.820 bits per heavy atom. The van der Waals surface area contributed by atoms with Crippen LogP contribution in [0.1, 0.15) is 158 Å². The number of ether oxygens (including phenoxy) is 2. The summed E-state index contributed by atoms with van der Waals surface area (Å²) < 4.78 is 11.9. The second-order valence-electron chi connectivity index (χ2n) is 23.7. The first-order valence-electron chi connectivity index (χ1n) is 24.2. The summed E-state index contributed by atoms with van der Waals surface area (Å²) in [6.45, 7) is 22.1. The number of hydrogen-bond acceptors (Lipinski definition) is 6. The van der Waals surface area contributed by atoms with Crippen LogP contribution >= 0.6 is 0 Å². The van der Waals surface area contributed by atoms with E-state index in [2.05, 4.69) is 70.5 Å². The predicted octanol–water partition coefficient (Wildman–Crippen LogP) is 11.1. The van der Waals surface area contributed by atoms with Crippen LogP contribution in [0.3, 0.4) is 0 Å². The molecule has 1 aromatic heterocycles. The van der Waals surface area contributed by atoms with Crippen LogP contribution in [0.2, 0.25) is 0 Å². The number of esters is 1. The highest BCUT2D eigenvalue weighted by atomic mass is 16.5. The minimum absolute atomic E-state index is 0.0240. The first-order chi connectivity index (χ1) is 28.7. The third-order valence-corrected chi connectivity index (χ3v) is 20.6. The van der Waals surface area contributed by atoms with Gasteiger partial charge in [-0.15, -0.1) is 0 Å². The number of rotatable bonds is 8. The van der Waals surface area contributed by atoms with E-state index in [0.717, 1.165) is 87.2 Å². The number of nitrogens with zero attached hydrogens (tertiary/aromatic N) is 2. The molecule has 334 valence electrons. The number of likely N-dealkylation sites (tertiary alicyclic amines) is 1. The maximum absolute atomic E-state index is 15.6. The number of methoxy groups -OCH3 is 1. The molecule has 1 amide bonds. The summed E-state index contributed by atoms with van der Waals surface area (Å²) in [5.41, 5.74) is 1.37. The molecule has 2 N–H and O–H groups in total. The number of carbonyl (C=O) groups excluding carboxylic acids is 2. The fraction of sp³-hybridized carbons (Fsp3) is 0.769. The summed E-state index contributed by atoms with van der Waals surface area (Å²) in [7, 11) is 1.69. The van der Waals surface area contributed by atoms with Crippen molar-refractivity contribution in [3.05, 3.63) is 36.3 Å². The van der Waals surface area contributed by atoms with Crippen LogP contribution in [0, 0.1) is 79.8 Å². The fourth-order valence-electron chi connectivity index (χ4n) is 16.9. The summed E-state index contributed by atoms with van der Waals surface area (Å²) in [5.74, 6) is 3.26. The summed E-state index contributed by atoms with van der Waals surface area (Å²) in [5, 5.41) is 9.72. The minimum atomic E-state index is -0.815. The molecule has 2 aromatic rings. The molecule has 1 aromatic carbocycles. The van der Waals surface area contributed by atoms with Crippen molar-refractivity contribution in [2.24, 2.45) is 79.8 Å². The molecule has 1 unspecified atom stereocenters. The lowest BCUT2D eigenvalue weighted by Crippen LogP contribution is -2.67. The van der Waals surface area contributed by atoms with E-state index in [4.69, 9.17) is 14.5 Å². The van der Waals surface area contributed by atoms with E-state index in [0.29, 0.717) is 47.8 Å². The molecule has 13 atom stereocenters. The van der Waals surface area contributed by atoms with E-state index in [1.807, 2.05) is 32.2 Å². The zero-order valence-corrected chi connectivity index (χ0v) is 38.9. The summed E-state index contributed by atoms with van der Waals surface area (Å²) >= 11 is 0. The van der Waals surface area contributed by atoms with E-state index < -0.39 is 17.3 Å². The Labute approximate surface area is 365 Å². The van der Waals surface area contributed by atoms with E-state index in [1.165, 1.54) is 19.3 Å². The van der Waals surface area contributed by atoms with Crippen molar-refractivity contribution in [1.29, 1.82) is 0 Å². The zero-order valence-electron chi connectivity index (χ0n) is 38.9. The molecule has 9 nitrogen and oxygen atoms in total. The molecule has 1 saturated heterocycles. The number of H-pyrrole nitrogens is 1. The van der Waals surface area contributed by atoms with E-state index in [-0.39, 0.29) is 51.1 Å². The van der Waals surface area contributed by atoms with Gasteiger partial charge >= 0.3 is 11.9 Å². The summed E-state index contributed by atoms with van der Waals surface area (Å²) in [6.07, 6.45) is 14.9. The van der Waals surface area contributed by atoms with Crippen molar-refractivity contribution in [1.82, 2.24) is 14.9 Å². The van der Waals surface area contributed by atoms with Gasteiger partial charge in [0.1, 0.15) is 17.7 Å². The minimum Gasteiger partial charge on any atom is -0.497 e. The number of carboxylic acids is 1. The number of imidazole rings is 1. The summed E-state index contributed by atoms with van der Waals surface area (Å²) in [6, 6.07) is 8.05. The first-order valence-corrected chi connectivity index (χ1v) is 24.2. The highest BCUT2D eigenvalue weighted by molar-refractivity contribution is 5.85. The molecule has 61 heavy (non-hydrogen) atoms. The molecule has 2 heterocycles. The predicted molar refractivity (Wildman–Crippen MR) is 236 cm³/mol. The van der Waals surface area contributed by atoms with Crippen molar-refractivity contribution in [2.75, 3.05) is 13.7 Å². The molecule has 0 spiro atoms. The number of hydrogen-bond donors (Lipinski definition) is 2. The molecule has 7 fully saturated rings. The topological polar surface area (TPSA) is 122 Å². The number of aliphatic carboxylic acids is 1. The second-order valence-corrected chi connectivity index (χ2v) is 23.7. The van der Waals surface area contributed by atoms with E-state index in [1.54, 1.807) is 7.11 Å². The lowest BCUT2D eigenvalue weighted by molar-refractivity contribution is -0.252. The summed E-state index contributed by atoms with van der Waals surface area (Å²) in [4.78, 5) is 52.0. The standard InChI is InChI=1S/C52H75N3O6/c1-30(2)33-19-24-52(46(59)55-27-11-12-38(55)43-53-29-37(54-43)31-13-15-32(60-10)16-14-31)26-25-50(8)34(42(33)52)17-18-40-49(7)22-21-41(48(5,6)39(49)20-23-51(40,50)9)61-45(58)36-28-35(44(56)57)47(36,3)4/h13-16,29-30,33-36,38-42H,11-12,17-28H2,1-10H3,(H,53,54)(H,56,57)/t33?,34-,35+,36-,38+,39+,40-,41+,42-,49+,50-,51-,52+/m1/s1. The Hall–Kier alpha value is -3.36. The average Bonchev–Trinajstić information content (AvgIpc) is 3.98. The van der Waals surface area contributed by atoms with Gasteiger partial charge in [0, 0.05) is 12.0 Å². The average molecular weight is 838 g/mol. The maximum Gasteiger partial charge on any atom is 0.309 e. The van der Waals surface area contributed by atoms with Crippen LogP contribution in [0.4, 0.5) is 0 Å². The van der Waals surface area contributed by atoms with Gasteiger partial charge in [-0.25, -0.2) is 4.98 Å². The number of benzene rings is 1. The van der Waals surface area contributed by atoms with Crippen LogP contribution < -0.4 is 4.74 Å². The number of nitrogens with one attached hydrogen (secondary N) is 1. The van der Waals surface area contributed by atoms with Crippen molar-refractivity contribution in [3.63, 3.8) is 0 Å². The van der Waals surface area contributed by atoms with Crippen molar-refractivity contribution >= 4 is 17.8 Å². The molecule has 6 saturated carbocycles. The SMILES string of the molecule is COc1ccc(-c2cnc([C@@H]3CCCN3C(=O)[C@]34CCC(C(C)C)[C@@H]3[C@H]3CC[C@@H]5[C@@]6(C)CC[C@H](OC(=O)[C@H]7C[C@@H](C(=O)O)C7(C)C)C(C)(C)[C@@H]6CC[C@@]5(C)[C@]3(C)CC4)[nH]2)cc1. The molecule has 7 aliphatic rings. The van der Waals surface area contributed by atoms with E-state index >= 15 is 4.79 Å². The lowest BCUT2D eigenvalue weighted by Gasteiger charge is -2.73. The van der Waals surface area contributed by atoms with Gasteiger partial charge in [-0.2, -0.15) is 0 Å². The van der Waals surface area contributed by atoms with Crippen LogP contribution in [0.25, 0.3) is 11.3 Å². The Balaban J connectivity index is 0.959. The van der Waals surface area contributed by atoms with Gasteiger partial charge in [0.05, 0.1) is 42.3 Å². The largest absolute Gasteiger partial charge is 0.497 e. The normalized spacial score (nSPS) is 42.1. The zero-order chi connectivity index (χ0) is 43.7. The Morgan fingerprint density at radius 3 is 2.23 bits per heavy atom.